The zero-order chi connectivity index (χ0) is 21.4. The van der Waals surface area contributed by atoms with E-state index in [1.165, 1.54) is 12.1 Å². The maximum absolute atomic E-state index is 14.8. The van der Waals surface area contributed by atoms with Crippen molar-refractivity contribution in [1.29, 1.82) is 21.0 Å². The largest absolute Gasteiger partial charge is 0.247 e. The number of hydrogen-bond donors (Lipinski definition) is 0. The van der Waals surface area contributed by atoms with Crippen molar-refractivity contribution in [1.82, 2.24) is 0 Å². The molecule has 0 fully saturated rings. The minimum absolute atomic E-state index is 0.0743. The molecule has 140 valence electrons. The fourth-order valence-electron chi connectivity index (χ4n) is 3.97. The molecule has 0 amide bonds. The van der Waals surface area contributed by atoms with Crippen molar-refractivity contribution in [2.45, 2.75) is 13.3 Å². The molecule has 2 aromatic carbocycles. The Balaban J connectivity index is 2.18. The van der Waals surface area contributed by atoms with Crippen molar-refractivity contribution in [2.75, 3.05) is 0 Å². The highest BCUT2D eigenvalue weighted by Crippen LogP contribution is 2.48. The fourth-order valence-corrected chi connectivity index (χ4v) is 3.97. The van der Waals surface area contributed by atoms with Crippen LogP contribution in [0.25, 0.3) is 17.2 Å². The average molecular weight is 389 g/mol. The van der Waals surface area contributed by atoms with Gasteiger partial charge in [0.25, 0.3) is 0 Å². The molecule has 6 heteroatoms. The summed E-state index contributed by atoms with van der Waals surface area (Å²) in [5.74, 6) is -0.601. The average Bonchev–Trinajstić information content (AvgIpc) is 3.06. The summed E-state index contributed by atoms with van der Waals surface area (Å²) in [5.41, 5.74) is 2.32. The molecular formula is C24H12FN5. The third kappa shape index (κ3) is 2.68. The lowest BCUT2D eigenvalue weighted by atomic mass is 9.91. The van der Waals surface area contributed by atoms with Gasteiger partial charge in [0.05, 0.1) is 22.2 Å². The Bertz CT molecular complexity index is 1460. The van der Waals surface area contributed by atoms with Gasteiger partial charge in [0.1, 0.15) is 35.7 Å². The van der Waals surface area contributed by atoms with Gasteiger partial charge >= 0.3 is 0 Å². The summed E-state index contributed by atoms with van der Waals surface area (Å²) >= 11 is 0. The first-order chi connectivity index (χ1) is 14.5. The van der Waals surface area contributed by atoms with E-state index in [0.29, 0.717) is 28.3 Å². The van der Waals surface area contributed by atoms with Gasteiger partial charge in [0, 0.05) is 11.1 Å². The molecule has 0 spiro atoms. The molecule has 0 saturated heterocycles. The van der Waals surface area contributed by atoms with Crippen LogP contribution < -0.4 is 10.6 Å². The first-order valence-corrected chi connectivity index (χ1v) is 9.15. The van der Waals surface area contributed by atoms with Crippen LogP contribution in [0.15, 0.2) is 46.6 Å². The van der Waals surface area contributed by atoms with Crippen LogP contribution in [0.1, 0.15) is 35.6 Å². The number of nitrogens with zero attached hydrogens (tertiary/aromatic N) is 5. The summed E-state index contributed by atoms with van der Waals surface area (Å²) in [6.45, 7) is 1.97. The van der Waals surface area contributed by atoms with Gasteiger partial charge in [0.2, 0.25) is 0 Å². The molecule has 0 radical (unpaired) electrons. The molecule has 2 aromatic rings. The summed E-state index contributed by atoms with van der Waals surface area (Å²) in [5, 5.41) is 38.9. The molecule has 1 unspecified atom stereocenters. The Labute approximate surface area is 171 Å². The lowest BCUT2D eigenvalue weighted by Gasteiger charge is -2.15. The van der Waals surface area contributed by atoms with E-state index < -0.39 is 5.82 Å². The highest BCUT2D eigenvalue weighted by molar-refractivity contribution is 6.03. The number of hydrogen-bond acceptors (Lipinski definition) is 5. The fraction of sp³-hybridized carbons (Fsp3) is 0.125. The number of nitriles is 4. The SMILES string of the molecule is CC1C/C=c2\cc(C#N)c(C#N)cc2=NC2=C1c1cccc(F)c1C2=C(C#N)C#N. The highest BCUT2D eigenvalue weighted by Gasteiger charge is 2.34. The normalized spacial score (nSPS) is 17.2. The maximum Gasteiger partial charge on any atom is 0.139 e. The monoisotopic (exact) mass is 389 g/mol. The van der Waals surface area contributed by atoms with Crippen LogP contribution in [-0.4, -0.2) is 0 Å². The van der Waals surface area contributed by atoms with Gasteiger partial charge in [-0.3, -0.25) is 0 Å². The van der Waals surface area contributed by atoms with Crippen molar-refractivity contribution < 1.29 is 4.39 Å². The van der Waals surface area contributed by atoms with E-state index >= 15 is 0 Å². The third-order valence-corrected chi connectivity index (χ3v) is 5.34. The van der Waals surface area contributed by atoms with Crippen molar-refractivity contribution in [3.63, 3.8) is 0 Å². The quantitative estimate of drug-likeness (QED) is 0.645. The molecule has 1 aliphatic carbocycles. The van der Waals surface area contributed by atoms with Crippen molar-refractivity contribution in [3.05, 3.63) is 80.2 Å². The van der Waals surface area contributed by atoms with Gasteiger partial charge in [-0.25, -0.2) is 9.38 Å². The van der Waals surface area contributed by atoms with Crippen LogP contribution in [0.2, 0.25) is 0 Å². The second kappa shape index (κ2) is 7.14. The molecule has 1 atom stereocenters. The van der Waals surface area contributed by atoms with Gasteiger partial charge in [-0.1, -0.05) is 25.1 Å². The van der Waals surface area contributed by atoms with E-state index in [9.17, 15) is 25.4 Å². The van der Waals surface area contributed by atoms with Gasteiger partial charge in [-0.2, -0.15) is 21.0 Å². The van der Waals surface area contributed by atoms with Gasteiger partial charge in [-0.15, -0.1) is 0 Å². The molecule has 1 aliphatic heterocycles. The standard InChI is InChI=1S/C24H12FN5/c1-13-5-6-14-7-15(9-26)16(10-27)8-20(14)30-24-21(13)18-3-2-4-19(25)23(18)22(24)17(11-28)12-29/h2-4,6-8,13H,5H2,1H3/b14-6+,30-20?. The summed E-state index contributed by atoms with van der Waals surface area (Å²) in [6, 6.07) is 15.5. The smallest absolute Gasteiger partial charge is 0.139 e. The Kier molecular flexibility index (Phi) is 4.48. The second-order valence-corrected chi connectivity index (χ2v) is 7.03. The predicted molar refractivity (Wildman–Crippen MR) is 106 cm³/mol. The Hall–Kier alpha value is -4.52. The highest BCUT2D eigenvalue weighted by atomic mass is 19.1. The van der Waals surface area contributed by atoms with Crippen LogP contribution in [-0.2, 0) is 0 Å². The lowest BCUT2D eigenvalue weighted by Crippen LogP contribution is -2.27. The number of allylic oxidation sites excluding steroid dienone is 3. The molecule has 5 nitrogen and oxygen atoms in total. The maximum atomic E-state index is 14.8. The summed E-state index contributed by atoms with van der Waals surface area (Å²) in [4.78, 5) is 4.71. The predicted octanol–water partition coefficient (Wildman–Crippen LogP) is 3.23. The van der Waals surface area contributed by atoms with E-state index in [1.54, 1.807) is 18.2 Å². The third-order valence-electron chi connectivity index (χ3n) is 5.34. The number of benzene rings is 2. The second-order valence-electron chi connectivity index (χ2n) is 7.03. The topological polar surface area (TPSA) is 108 Å². The minimum Gasteiger partial charge on any atom is -0.247 e. The molecule has 0 N–H and O–H groups in total. The number of fused-ring (bicyclic) bond motifs is 3. The van der Waals surface area contributed by atoms with Crippen molar-refractivity contribution in [2.24, 2.45) is 10.9 Å². The molecule has 1 heterocycles. The van der Waals surface area contributed by atoms with Crippen LogP contribution in [0, 0.1) is 57.1 Å². The van der Waals surface area contributed by atoms with Crippen LogP contribution in [0.4, 0.5) is 4.39 Å². The molecule has 4 rings (SSSR count). The van der Waals surface area contributed by atoms with E-state index in [2.05, 4.69) is 0 Å². The van der Waals surface area contributed by atoms with Gasteiger partial charge in [-0.05, 0) is 46.9 Å². The van der Waals surface area contributed by atoms with Crippen LogP contribution >= 0.6 is 0 Å². The first kappa shape index (κ1) is 18.8. The van der Waals surface area contributed by atoms with Crippen LogP contribution in [0.5, 0.6) is 0 Å². The molecule has 0 aromatic heterocycles. The van der Waals surface area contributed by atoms with E-state index in [1.807, 2.05) is 37.3 Å². The van der Waals surface area contributed by atoms with E-state index in [0.717, 1.165) is 5.57 Å². The summed E-state index contributed by atoms with van der Waals surface area (Å²) < 4.78 is 14.8. The zero-order valence-corrected chi connectivity index (χ0v) is 15.9. The molecule has 30 heavy (non-hydrogen) atoms. The molecular weight excluding hydrogens is 377 g/mol. The minimum atomic E-state index is -0.526. The van der Waals surface area contributed by atoms with Crippen LogP contribution in [0.3, 0.4) is 0 Å². The molecule has 0 bridgehead atoms. The Morgan fingerprint density at radius 2 is 1.77 bits per heavy atom. The summed E-state index contributed by atoms with van der Waals surface area (Å²) in [6.07, 6.45) is 2.52. The van der Waals surface area contributed by atoms with Gasteiger partial charge in [0.15, 0.2) is 0 Å². The molecule has 0 saturated carbocycles. The number of rotatable bonds is 0. The van der Waals surface area contributed by atoms with Crippen molar-refractivity contribution in [3.8, 4) is 24.3 Å². The first-order valence-electron chi connectivity index (χ1n) is 9.15. The zero-order valence-electron chi connectivity index (χ0n) is 15.9. The van der Waals surface area contributed by atoms with E-state index in [-0.39, 0.29) is 33.8 Å². The summed E-state index contributed by atoms with van der Waals surface area (Å²) in [7, 11) is 0. The molecule has 2 aliphatic rings. The Morgan fingerprint density at radius 1 is 1.07 bits per heavy atom. The Morgan fingerprint density at radius 3 is 2.43 bits per heavy atom. The van der Waals surface area contributed by atoms with Gasteiger partial charge < -0.3 is 0 Å². The number of halogens is 1. The van der Waals surface area contributed by atoms with Crippen molar-refractivity contribution >= 4 is 17.2 Å². The van der Waals surface area contributed by atoms with E-state index in [4.69, 9.17) is 4.99 Å². The lowest BCUT2D eigenvalue weighted by molar-refractivity contribution is 0.623.